The van der Waals surface area contributed by atoms with Crippen LogP contribution in [0.5, 0.6) is 0 Å². The van der Waals surface area contributed by atoms with E-state index in [1.54, 1.807) is 51.1 Å². The van der Waals surface area contributed by atoms with Gasteiger partial charge in [0.05, 0.1) is 24.3 Å². The predicted molar refractivity (Wildman–Crippen MR) is 171 cm³/mol. The van der Waals surface area contributed by atoms with Crippen LogP contribution in [0.4, 0.5) is 4.79 Å². The number of amides is 1. The first-order chi connectivity index (χ1) is 20.7. The summed E-state index contributed by atoms with van der Waals surface area (Å²) in [5.41, 5.74) is 2.23. The molecule has 3 aromatic carbocycles. The molecule has 44 heavy (non-hydrogen) atoms. The number of rotatable bonds is 8. The zero-order valence-corrected chi connectivity index (χ0v) is 27.3. The quantitative estimate of drug-likeness (QED) is 0.258. The highest BCUT2D eigenvalue weighted by Crippen LogP contribution is 2.37. The van der Waals surface area contributed by atoms with E-state index in [0.29, 0.717) is 0 Å². The average Bonchev–Trinajstić information content (AvgIpc) is 2.97. The summed E-state index contributed by atoms with van der Waals surface area (Å²) in [5, 5.41) is 25.3. The van der Waals surface area contributed by atoms with Crippen molar-refractivity contribution in [3.63, 3.8) is 0 Å². The minimum Gasteiger partial charge on any atom is -0.454 e. The Labute approximate surface area is 260 Å². The van der Waals surface area contributed by atoms with E-state index in [0.717, 1.165) is 10.4 Å². The molecule has 1 amide bonds. The van der Waals surface area contributed by atoms with Gasteiger partial charge in [0.1, 0.15) is 17.8 Å². The Hall–Kier alpha value is -3.54. The molecule has 0 saturated carbocycles. The van der Waals surface area contributed by atoms with Crippen molar-refractivity contribution in [2.75, 3.05) is 13.2 Å². The third-order valence-electron chi connectivity index (χ3n) is 7.67. The molecule has 9 nitrogen and oxygen atoms in total. The summed E-state index contributed by atoms with van der Waals surface area (Å²) in [6.45, 7) is 11.5. The summed E-state index contributed by atoms with van der Waals surface area (Å²) in [4.78, 5) is 26.2. The van der Waals surface area contributed by atoms with E-state index in [4.69, 9.17) is 13.9 Å². The number of nitrogens with one attached hydrogen (secondary N) is 1. The molecule has 236 valence electrons. The van der Waals surface area contributed by atoms with Gasteiger partial charge in [-0.1, -0.05) is 99.6 Å². The topological polar surface area (TPSA) is 118 Å². The van der Waals surface area contributed by atoms with Crippen molar-refractivity contribution >= 4 is 30.8 Å². The molecule has 1 fully saturated rings. The lowest BCUT2D eigenvalue weighted by Crippen LogP contribution is -2.71. The molecule has 3 N–H and O–H groups in total. The molecule has 1 aliphatic rings. The lowest BCUT2D eigenvalue weighted by atomic mass is 9.95. The van der Waals surface area contributed by atoms with Gasteiger partial charge < -0.3 is 24.1 Å². The van der Waals surface area contributed by atoms with Crippen LogP contribution >= 0.6 is 0 Å². The van der Waals surface area contributed by atoms with Gasteiger partial charge in [-0.3, -0.25) is 5.43 Å². The Balaban J connectivity index is 1.77. The maximum absolute atomic E-state index is 13.3. The summed E-state index contributed by atoms with van der Waals surface area (Å²) in [7, 11) is -3.07. The molecule has 4 atom stereocenters. The molecule has 0 unspecified atom stereocenters. The van der Waals surface area contributed by atoms with Gasteiger partial charge in [-0.15, -0.1) is 0 Å². The fourth-order valence-electron chi connectivity index (χ4n) is 5.69. The Morgan fingerprint density at radius 1 is 0.841 bits per heavy atom. The number of aliphatic hydroxyl groups excluding tert-OH is 2. The number of hydrogen-bond acceptors (Lipinski definition) is 8. The van der Waals surface area contributed by atoms with E-state index in [1.165, 1.54) is 5.01 Å². The van der Waals surface area contributed by atoms with Crippen LogP contribution in [-0.2, 0) is 13.9 Å². The second-order valence-electron chi connectivity index (χ2n) is 13.1. The second kappa shape index (κ2) is 13.6. The van der Waals surface area contributed by atoms with Crippen LogP contribution in [0.15, 0.2) is 91.0 Å². The van der Waals surface area contributed by atoms with Crippen molar-refractivity contribution in [1.29, 1.82) is 0 Å². The Bertz CT molecular complexity index is 1340. The lowest BCUT2D eigenvalue weighted by Gasteiger charge is -2.48. The predicted octanol–water partition coefficient (Wildman–Crippen LogP) is 3.63. The zero-order chi connectivity index (χ0) is 32.1. The highest BCUT2D eigenvalue weighted by molar-refractivity contribution is 6.99. The Morgan fingerprint density at radius 2 is 1.34 bits per heavy atom. The summed E-state index contributed by atoms with van der Waals surface area (Å²) >= 11 is 0. The molecule has 4 rings (SSSR count). The molecule has 1 saturated heterocycles. The molecule has 0 bridgehead atoms. The van der Waals surface area contributed by atoms with E-state index in [1.807, 2.05) is 36.4 Å². The van der Waals surface area contributed by atoms with Crippen molar-refractivity contribution < 1.29 is 33.7 Å². The van der Waals surface area contributed by atoms with Crippen molar-refractivity contribution in [3.8, 4) is 0 Å². The zero-order valence-electron chi connectivity index (χ0n) is 26.3. The van der Waals surface area contributed by atoms with Crippen molar-refractivity contribution in [1.82, 2.24) is 10.4 Å². The number of hydrogen-bond donors (Lipinski definition) is 3. The number of β-amino-alcohol motifs (C(OH)–C–C–N with tert-alkyl or cyclic N) is 1. The molecule has 0 radical (unpaired) electrons. The molecular formula is C34H44N2O7Si. The number of benzene rings is 3. The standard InChI is InChI=1S/C34H44N2O7Si/c1-33(2,3)43-32(40)35-36-22-28(37)29(38)30(42-31(39)24-16-10-7-11-17-24)27(36)23-41-44(34(4,5)6,25-18-12-8-13-19-25)26-20-14-9-15-21-26/h7-21,27-30,37-38H,22-23H2,1-6H3,(H,35,40)/t27-,28+,29+,30+/m1/s1. The van der Waals surface area contributed by atoms with Gasteiger partial charge in [0.2, 0.25) is 0 Å². The largest absolute Gasteiger partial charge is 0.454 e. The first kappa shape index (κ1) is 33.4. The van der Waals surface area contributed by atoms with E-state index in [-0.39, 0.29) is 23.8 Å². The van der Waals surface area contributed by atoms with Crippen molar-refractivity contribution in [3.05, 3.63) is 96.6 Å². The van der Waals surface area contributed by atoms with Gasteiger partial charge in [0.15, 0.2) is 0 Å². The van der Waals surface area contributed by atoms with E-state index in [9.17, 15) is 19.8 Å². The van der Waals surface area contributed by atoms with Gasteiger partial charge in [-0.2, -0.15) is 0 Å². The van der Waals surface area contributed by atoms with E-state index in [2.05, 4.69) is 50.5 Å². The summed E-state index contributed by atoms with van der Waals surface area (Å²) in [6.07, 6.45) is -4.76. The number of esters is 1. The van der Waals surface area contributed by atoms with Gasteiger partial charge in [-0.25, -0.2) is 14.6 Å². The third kappa shape index (κ3) is 7.56. The molecule has 10 heteroatoms. The first-order valence-electron chi connectivity index (χ1n) is 14.9. The monoisotopic (exact) mass is 620 g/mol. The normalized spacial score (nSPS) is 21.4. The molecule has 0 aliphatic carbocycles. The van der Waals surface area contributed by atoms with Gasteiger partial charge in [0.25, 0.3) is 8.32 Å². The molecule has 1 heterocycles. The molecule has 3 aromatic rings. The fraction of sp³-hybridized carbons (Fsp3) is 0.412. The number of carbonyl (C=O) groups excluding carboxylic acids is 2. The van der Waals surface area contributed by atoms with Crippen molar-refractivity contribution in [2.24, 2.45) is 0 Å². The first-order valence-corrected chi connectivity index (χ1v) is 16.8. The molecular weight excluding hydrogens is 576 g/mol. The Morgan fingerprint density at radius 3 is 1.82 bits per heavy atom. The van der Waals surface area contributed by atoms with Crippen LogP contribution < -0.4 is 15.8 Å². The summed E-state index contributed by atoms with van der Waals surface area (Å²) in [6, 6.07) is 27.6. The maximum Gasteiger partial charge on any atom is 0.422 e. The minimum atomic E-state index is -3.07. The number of piperidine rings is 1. The highest BCUT2D eigenvalue weighted by Gasteiger charge is 2.53. The lowest BCUT2D eigenvalue weighted by molar-refractivity contribution is -0.157. The van der Waals surface area contributed by atoms with E-state index >= 15 is 0 Å². The van der Waals surface area contributed by atoms with Crippen LogP contribution in [0.1, 0.15) is 51.9 Å². The summed E-state index contributed by atoms with van der Waals surface area (Å²) < 4.78 is 18.5. The summed E-state index contributed by atoms with van der Waals surface area (Å²) in [5.74, 6) is -0.670. The second-order valence-corrected chi connectivity index (χ2v) is 17.4. The third-order valence-corrected chi connectivity index (χ3v) is 12.7. The molecule has 1 aliphatic heterocycles. The van der Waals surface area contributed by atoms with Crippen LogP contribution in [0.25, 0.3) is 0 Å². The van der Waals surface area contributed by atoms with E-state index < -0.39 is 50.3 Å². The molecule has 0 aromatic heterocycles. The fourth-order valence-corrected chi connectivity index (χ4v) is 10.3. The van der Waals surface area contributed by atoms with Gasteiger partial charge >= 0.3 is 12.1 Å². The average molecular weight is 621 g/mol. The van der Waals surface area contributed by atoms with Gasteiger partial charge in [0, 0.05) is 6.54 Å². The van der Waals surface area contributed by atoms with Crippen LogP contribution in [-0.4, -0.2) is 78.7 Å². The van der Waals surface area contributed by atoms with Crippen LogP contribution in [0, 0.1) is 0 Å². The molecule has 0 spiro atoms. The minimum absolute atomic E-state index is 0.0421. The van der Waals surface area contributed by atoms with Crippen LogP contribution in [0.2, 0.25) is 5.04 Å². The number of carbonyl (C=O) groups is 2. The number of aliphatic hydroxyl groups is 2. The highest BCUT2D eigenvalue weighted by atomic mass is 28.4. The van der Waals surface area contributed by atoms with Gasteiger partial charge in [-0.05, 0) is 48.3 Å². The number of hydrazine groups is 1. The maximum atomic E-state index is 13.3. The smallest absolute Gasteiger partial charge is 0.422 e. The Kier molecular flexibility index (Phi) is 10.3. The SMILES string of the molecule is CC(C)(C)OC(=O)NN1C[C@H](O)[C@H](O)[C@@H](OC(=O)c2ccccc2)[C@H]1CO[Si](c1ccccc1)(c1ccccc1)C(C)(C)C. The number of nitrogens with zero attached hydrogens (tertiary/aromatic N) is 1. The van der Waals surface area contributed by atoms with Crippen LogP contribution in [0.3, 0.4) is 0 Å². The number of ether oxygens (including phenoxy) is 2. The van der Waals surface area contributed by atoms with Crippen molar-refractivity contribution in [2.45, 2.75) is 76.5 Å².